The van der Waals surface area contributed by atoms with Crippen molar-refractivity contribution in [1.82, 2.24) is 15.2 Å². The molecule has 0 fully saturated rings. The number of rotatable bonds is 8. The van der Waals surface area contributed by atoms with Crippen LogP contribution in [0.5, 0.6) is 0 Å². The van der Waals surface area contributed by atoms with E-state index in [9.17, 15) is 0 Å². The fourth-order valence-corrected chi connectivity index (χ4v) is 2.07. The summed E-state index contributed by atoms with van der Waals surface area (Å²) in [7, 11) is 2.01. The van der Waals surface area contributed by atoms with Crippen molar-refractivity contribution in [1.29, 1.82) is 0 Å². The molecule has 2 rings (SSSR count). The Morgan fingerprint density at radius 3 is 2.71 bits per heavy atom. The summed E-state index contributed by atoms with van der Waals surface area (Å²) in [6.07, 6.45) is 5.25. The summed E-state index contributed by atoms with van der Waals surface area (Å²) < 4.78 is 0. The number of hydrogen-bond donors (Lipinski definition) is 1. The van der Waals surface area contributed by atoms with Gasteiger partial charge in [0.15, 0.2) is 5.82 Å². The van der Waals surface area contributed by atoms with E-state index >= 15 is 0 Å². The van der Waals surface area contributed by atoms with Gasteiger partial charge in [-0.1, -0.05) is 50.1 Å². The first-order chi connectivity index (χ1) is 10.3. The van der Waals surface area contributed by atoms with Crippen LogP contribution >= 0.6 is 0 Å². The van der Waals surface area contributed by atoms with Crippen LogP contribution in [0.15, 0.2) is 36.5 Å². The van der Waals surface area contributed by atoms with Gasteiger partial charge in [-0.05, 0) is 12.0 Å². The summed E-state index contributed by atoms with van der Waals surface area (Å²) in [6.45, 7) is 3.88. The first-order valence-corrected chi connectivity index (χ1v) is 7.48. The summed E-state index contributed by atoms with van der Waals surface area (Å²) in [5.74, 6) is 1.43. The van der Waals surface area contributed by atoms with Gasteiger partial charge in [0, 0.05) is 20.1 Å². The van der Waals surface area contributed by atoms with Gasteiger partial charge in [0.1, 0.15) is 0 Å². The van der Waals surface area contributed by atoms with Crippen LogP contribution in [-0.2, 0) is 6.54 Å². The van der Waals surface area contributed by atoms with E-state index in [2.05, 4.69) is 44.5 Å². The monoisotopic (exact) mass is 285 g/mol. The van der Waals surface area contributed by atoms with E-state index in [1.807, 2.05) is 25.2 Å². The summed E-state index contributed by atoms with van der Waals surface area (Å²) >= 11 is 0. The normalized spacial score (nSPS) is 10.4. The largest absolute Gasteiger partial charge is 0.354 e. The highest BCUT2D eigenvalue weighted by Gasteiger charge is 2.06. The van der Waals surface area contributed by atoms with Gasteiger partial charge in [-0.2, -0.15) is 10.1 Å². The van der Waals surface area contributed by atoms with Crippen molar-refractivity contribution in [2.45, 2.75) is 32.7 Å². The van der Waals surface area contributed by atoms with Gasteiger partial charge in [-0.3, -0.25) is 0 Å². The maximum absolute atomic E-state index is 4.51. The molecule has 21 heavy (non-hydrogen) atoms. The molecule has 1 aromatic carbocycles. The van der Waals surface area contributed by atoms with Crippen LogP contribution in [-0.4, -0.2) is 28.8 Å². The van der Waals surface area contributed by atoms with Crippen LogP contribution in [0.4, 0.5) is 11.8 Å². The van der Waals surface area contributed by atoms with Crippen LogP contribution < -0.4 is 10.2 Å². The van der Waals surface area contributed by atoms with Crippen LogP contribution in [0.2, 0.25) is 0 Å². The molecule has 2 aromatic rings. The molecule has 0 saturated heterocycles. The third kappa shape index (κ3) is 5.02. The quantitative estimate of drug-likeness (QED) is 0.755. The van der Waals surface area contributed by atoms with Crippen molar-refractivity contribution in [3.8, 4) is 0 Å². The fourth-order valence-electron chi connectivity index (χ4n) is 2.07. The Balaban J connectivity index is 1.93. The molecule has 0 radical (unpaired) electrons. The van der Waals surface area contributed by atoms with E-state index in [1.54, 1.807) is 6.20 Å². The molecule has 0 aliphatic heterocycles. The molecule has 0 unspecified atom stereocenters. The van der Waals surface area contributed by atoms with Crippen molar-refractivity contribution in [2.75, 3.05) is 23.8 Å². The Bertz CT molecular complexity index is 529. The number of anilines is 2. The number of hydrogen-bond acceptors (Lipinski definition) is 5. The Kier molecular flexibility index (Phi) is 5.94. The molecule has 0 amide bonds. The number of nitrogens with one attached hydrogen (secondary N) is 1. The molecule has 1 heterocycles. The SMILES string of the molecule is CCCCCNc1nncc(N(C)Cc2ccccc2)n1. The lowest BCUT2D eigenvalue weighted by Crippen LogP contribution is -2.19. The average molecular weight is 285 g/mol. The van der Waals surface area contributed by atoms with Gasteiger partial charge in [-0.15, -0.1) is 5.10 Å². The van der Waals surface area contributed by atoms with Gasteiger partial charge in [-0.25, -0.2) is 0 Å². The molecule has 0 aliphatic rings. The topological polar surface area (TPSA) is 53.9 Å². The van der Waals surface area contributed by atoms with E-state index in [1.165, 1.54) is 18.4 Å². The molecule has 0 aliphatic carbocycles. The maximum atomic E-state index is 4.51. The summed E-state index contributed by atoms with van der Waals surface area (Å²) in [4.78, 5) is 6.58. The smallest absolute Gasteiger partial charge is 0.244 e. The van der Waals surface area contributed by atoms with E-state index in [0.717, 1.165) is 25.3 Å². The highest BCUT2D eigenvalue weighted by atomic mass is 15.3. The third-order valence-corrected chi connectivity index (χ3v) is 3.26. The zero-order chi connectivity index (χ0) is 14.9. The van der Waals surface area contributed by atoms with Crippen molar-refractivity contribution >= 4 is 11.8 Å². The molecule has 1 N–H and O–H groups in total. The van der Waals surface area contributed by atoms with Gasteiger partial charge in [0.2, 0.25) is 5.95 Å². The van der Waals surface area contributed by atoms with E-state index < -0.39 is 0 Å². The first kappa shape index (κ1) is 15.2. The van der Waals surface area contributed by atoms with Crippen molar-refractivity contribution in [3.63, 3.8) is 0 Å². The fraction of sp³-hybridized carbons (Fsp3) is 0.438. The lowest BCUT2D eigenvalue weighted by Gasteiger charge is -2.18. The summed E-state index contributed by atoms with van der Waals surface area (Å²) in [6, 6.07) is 10.3. The minimum atomic E-state index is 0.600. The third-order valence-electron chi connectivity index (χ3n) is 3.26. The predicted molar refractivity (Wildman–Crippen MR) is 86.4 cm³/mol. The van der Waals surface area contributed by atoms with Crippen molar-refractivity contribution in [2.24, 2.45) is 0 Å². The Morgan fingerprint density at radius 2 is 1.95 bits per heavy atom. The second-order valence-electron chi connectivity index (χ2n) is 5.11. The minimum absolute atomic E-state index is 0.600. The standard InChI is InChI=1S/C16H23N5/c1-3-4-8-11-17-16-19-15(12-18-20-16)21(2)13-14-9-6-5-7-10-14/h5-7,9-10,12H,3-4,8,11,13H2,1-2H3,(H,17,19,20). The van der Waals surface area contributed by atoms with E-state index in [4.69, 9.17) is 0 Å². The first-order valence-electron chi connectivity index (χ1n) is 7.48. The molecule has 5 heteroatoms. The molecule has 5 nitrogen and oxygen atoms in total. The van der Waals surface area contributed by atoms with E-state index in [0.29, 0.717) is 5.95 Å². The molecule has 0 spiro atoms. The number of unbranched alkanes of at least 4 members (excludes halogenated alkanes) is 2. The van der Waals surface area contributed by atoms with Gasteiger partial charge >= 0.3 is 0 Å². The Labute approximate surface area is 126 Å². The second-order valence-corrected chi connectivity index (χ2v) is 5.11. The molecule has 0 atom stereocenters. The molecular formula is C16H23N5. The van der Waals surface area contributed by atoms with Gasteiger partial charge < -0.3 is 10.2 Å². The van der Waals surface area contributed by atoms with Crippen molar-refractivity contribution < 1.29 is 0 Å². The highest BCUT2D eigenvalue weighted by Crippen LogP contribution is 2.12. The zero-order valence-corrected chi connectivity index (χ0v) is 12.8. The van der Waals surface area contributed by atoms with Crippen LogP contribution in [0.1, 0.15) is 31.7 Å². The molecule has 0 saturated carbocycles. The van der Waals surface area contributed by atoms with Gasteiger partial charge in [0.25, 0.3) is 0 Å². The maximum Gasteiger partial charge on any atom is 0.244 e. The second kappa shape index (κ2) is 8.19. The number of nitrogens with zero attached hydrogens (tertiary/aromatic N) is 4. The molecule has 0 bridgehead atoms. The zero-order valence-electron chi connectivity index (χ0n) is 12.8. The number of benzene rings is 1. The summed E-state index contributed by atoms with van der Waals surface area (Å²) in [5, 5.41) is 11.3. The molecule has 1 aromatic heterocycles. The lowest BCUT2D eigenvalue weighted by molar-refractivity contribution is 0.737. The van der Waals surface area contributed by atoms with Crippen LogP contribution in [0.25, 0.3) is 0 Å². The highest BCUT2D eigenvalue weighted by molar-refractivity contribution is 5.40. The van der Waals surface area contributed by atoms with Crippen LogP contribution in [0.3, 0.4) is 0 Å². The summed E-state index contributed by atoms with van der Waals surface area (Å²) in [5.41, 5.74) is 1.25. The molecular weight excluding hydrogens is 262 g/mol. The lowest BCUT2D eigenvalue weighted by atomic mass is 10.2. The van der Waals surface area contributed by atoms with E-state index in [-0.39, 0.29) is 0 Å². The number of aromatic nitrogens is 3. The Morgan fingerprint density at radius 1 is 1.14 bits per heavy atom. The van der Waals surface area contributed by atoms with Gasteiger partial charge in [0.05, 0.1) is 6.20 Å². The average Bonchev–Trinajstić information content (AvgIpc) is 2.53. The molecule has 112 valence electrons. The Hall–Kier alpha value is -2.17. The van der Waals surface area contributed by atoms with Crippen molar-refractivity contribution in [3.05, 3.63) is 42.1 Å². The minimum Gasteiger partial charge on any atom is -0.354 e. The van der Waals surface area contributed by atoms with Crippen LogP contribution in [0, 0.1) is 0 Å². The predicted octanol–water partition coefficient (Wildman–Crippen LogP) is 3.11.